The molecule has 2 aliphatic rings. The van der Waals surface area contributed by atoms with Crippen LogP contribution < -0.4 is 16.4 Å². The van der Waals surface area contributed by atoms with Gasteiger partial charge >= 0.3 is 6.03 Å². The maximum atomic E-state index is 13.8. The molecule has 4 aromatic rings. The van der Waals surface area contributed by atoms with Gasteiger partial charge in [-0.25, -0.2) is 9.80 Å². The fourth-order valence-electron chi connectivity index (χ4n) is 6.02. The Morgan fingerprint density at radius 3 is 2.60 bits per heavy atom. The fourth-order valence-corrected chi connectivity index (χ4v) is 6.02. The lowest BCUT2D eigenvalue weighted by Gasteiger charge is -2.30. The topological polar surface area (TPSA) is 146 Å². The van der Waals surface area contributed by atoms with E-state index in [0.29, 0.717) is 38.3 Å². The lowest BCUT2D eigenvalue weighted by molar-refractivity contribution is -0.133. The van der Waals surface area contributed by atoms with Gasteiger partial charge in [0.05, 0.1) is 23.2 Å². The largest absolute Gasteiger partial charge is 0.355 e. The molecule has 4 amide bonds. The Hall–Kier alpha value is -5.16. The van der Waals surface area contributed by atoms with Crippen molar-refractivity contribution in [3.63, 3.8) is 0 Å². The number of anilines is 1. The van der Waals surface area contributed by atoms with Gasteiger partial charge in [-0.15, -0.1) is 0 Å². The molecule has 0 saturated heterocycles. The molecule has 2 aliphatic heterocycles. The number of nitrogens with two attached hydrogens (primary N) is 1. The normalized spacial score (nSPS) is 16.5. The maximum Gasteiger partial charge on any atom is 0.322 e. The van der Waals surface area contributed by atoms with E-state index in [4.69, 9.17) is 10.8 Å². The summed E-state index contributed by atoms with van der Waals surface area (Å²) in [6.07, 6.45) is 9.23. The molecular weight excluding hydrogens is 592 g/mol. The monoisotopic (exact) mass is 632 g/mol. The van der Waals surface area contributed by atoms with E-state index < -0.39 is 12.0 Å². The van der Waals surface area contributed by atoms with Crippen molar-refractivity contribution in [3.05, 3.63) is 102 Å². The van der Waals surface area contributed by atoms with Crippen molar-refractivity contribution >= 4 is 40.1 Å². The Morgan fingerprint density at radius 1 is 0.979 bits per heavy atom. The van der Waals surface area contributed by atoms with Gasteiger partial charge in [-0.1, -0.05) is 43.2 Å². The van der Waals surface area contributed by atoms with Crippen LogP contribution in [-0.4, -0.2) is 62.6 Å². The predicted octanol–water partition coefficient (Wildman–Crippen LogP) is 4.92. The number of amides is 4. The molecular formula is C36H40N8O3. The maximum absolute atomic E-state index is 13.8. The van der Waals surface area contributed by atoms with Crippen molar-refractivity contribution in [1.29, 1.82) is 0 Å². The number of nitrogens with one attached hydrogen (secondary N) is 2. The van der Waals surface area contributed by atoms with Crippen LogP contribution in [0.1, 0.15) is 67.2 Å². The third kappa shape index (κ3) is 7.63. The summed E-state index contributed by atoms with van der Waals surface area (Å²) >= 11 is 0. The molecule has 47 heavy (non-hydrogen) atoms. The van der Waals surface area contributed by atoms with Crippen LogP contribution in [0.15, 0.2) is 84.4 Å². The van der Waals surface area contributed by atoms with Crippen LogP contribution in [0.4, 0.5) is 10.5 Å². The number of hydrogen-bond donors (Lipinski definition) is 3. The van der Waals surface area contributed by atoms with E-state index in [1.807, 2.05) is 66.9 Å². The van der Waals surface area contributed by atoms with Crippen molar-refractivity contribution in [3.8, 4) is 0 Å². The van der Waals surface area contributed by atoms with Gasteiger partial charge in [-0.3, -0.25) is 19.6 Å². The molecule has 2 aromatic carbocycles. The van der Waals surface area contributed by atoms with Crippen LogP contribution in [0, 0.1) is 0 Å². The van der Waals surface area contributed by atoms with Gasteiger partial charge in [0, 0.05) is 62.3 Å². The van der Waals surface area contributed by atoms with E-state index in [0.717, 1.165) is 64.6 Å². The molecule has 4 heterocycles. The Labute approximate surface area is 274 Å². The molecule has 6 rings (SSSR count). The van der Waals surface area contributed by atoms with E-state index >= 15 is 0 Å². The molecule has 0 bridgehead atoms. The highest BCUT2D eigenvalue weighted by Crippen LogP contribution is 2.31. The minimum absolute atomic E-state index is 0.0288. The van der Waals surface area contributed by atoms with Crippen molar-refractivity contribution in [2.45, 2.75) is 64.1 Å². The summed E-state index contributed by atoms with van der Waals surface area (Å²) in [7, 11) is 0. The smallest absolute Gasteiger partial charge is 0.322 e. The number of pyridine rings is 2. The number of carbonyl (C=O) groups is 3. The molecule has 11 heteroatoms. The van der Waals surface area contributed by atoms with Crippen LogP contribution >= 0.6 is 0 Å². The minimum atomic E-state index is -0.514. The average Bonchev–Trinajstić information content (AvgIpc) is 3.53. The van der Waals surface area contributed by atoms with Crippen LogP contribution in [-0.2, 0) is 22.7 Å². The molecule has 242 valence electrons. The molecule has 2 aromatic heterocycles. The van der Waals surface area contributed by atoms with Crippen LogP contribution in [0.25, 0.3) is 10.9 Å². The molecule has 2 atom stereocenters. The second-order valence-electron chi connectivity index (χ2n) is 12.2. The summed E-state index contributed by atoms with van der Waals surface area (Å²) in [5.74, 6) is -0.571. The van der Waals surface area contributed by atoms with E-state index in [9.17, 15) is 14.4 Å². The van der Waals surface area contributed by atoms with Crippen molar-refractivity contribution in [1.82, 2.24) is 25.2 Å². The molecule has 0 spiro atoms. The summed E-state index contributed by atoms with van der Waals surface area (Å²) in [6, 6.07) is 18.8. The summed E-state index contributed by atoms with van der Waals surface area (Å²) in [5, 5.41) is 13.3. The van der Waals surface area contributed by atoms with E-state index in [1.165, 1.54) is 0 Å². The second kappa shape index (κ2) is 14.5. The molecule has 0 aliphatic carbocycles. The number of urea groups is 1. The highest BCUT2D eigenvalue weighted by atomic mass is 16.2. The van der Waals surface area contributed by atoms with Crippen molar-refractivity contribution in [2.75, 3.05) is 18.4 Å². The number of rotatable bonds is 11. The fraction of sp³-hybridized carbons (Fsp3) is 0.333. The molecule has 2 unspecified atom stereocenters. The predicted molar refractivity (Wildman–Crippen MR) is 181 cm³/mol. The lowest BCUT2D eigenvalue weighted by Crippen LogP contribution is -2.38. The number of nitrogens with zero attached hydrogens (tertiary/aromatic N) is 5. The number of benzene rings is 2. The van der Waals surface area contributed by atoms with Gasteiger partial charge in [0.2, 0.25) is 5.91 Å². The summed E-state index contributed by atoms with van der Waals surface area (Å²) < 4.78 is 0. The first-order valence-electron chi connectivity index (χ1n) is 16.2. The summed E-state index contributed by atoms with van der Waals surface area (Å²) in [4.78, 5) is 48.9. The number of fused-ring (bicyclic) bond motifs is 2. The third-order valence-electron chi connectivity index (χ3n) is 8.72. The highest BCUT2D eigenvalue weighted by Gasteiger charge is 2.33. The zero-order valence-electron chi connectivity index (χ0n) is 26.6. The molecule has 0 saturated carbocycles. The number of hydrazone groups is 1. The number of unbranched alkanes of at least 4 members (excludes halogenated alkanes) is 3. The Balaban J connectivity index is 1.13. The first-order chi connectivity index (χ1) is 22.9. The minimum Gasteiger partial charge on any atom is -0.355 e. The standard InChI is InChI=1S/C36H40N8O3/c1-24(37)34(45)40-15-4-2-3-5-18-44-35(46)31(27-9-8-25-7-6-16-39-32(25)19-27)20-33(42-44)26-10-12-30(13-11-26)41-36(47)43-22-28-14-17-38-21-29(28)23-43/h6-14,16-17,19,21,24,31H,2-5,15,18,20,22-23,37H2,1H3,(H,40,45)(H,41,47). The Bertz CT molecular complexity index is 1760. The summed E-state index contributed by atoms with van der Waals surface area (Å²) in [5.41, 5.74) is 11.9. The van der Waals surface area contributed by atoms with E-state index in [1.54, 1.807) is 29.2 Å². The van der Waals surface area contributed by atoms with Gasteiger partial charge in [0.1, 0.15) is 0 Å². The average molecular weight is 633 g/mol. The zero-order chi connectivity index (χ0) is 32.8. The SMILES string of the molecule is CC(N)C(=O)NCCCCCCN1N=C(c2ccc(NC(=O)N3Cc4ccncc4C3)cc2)CC(c2ccc3cccnc3c2)C1=O. The zero-order valence-corrected chi connectivity index (χ0v) is 26.6. The number of carbonyl (C=O) groups excluding carboxylic acids is 3. The first-order valence-corrected chi connectivity index (χ1v) is 16.2. The lowest BCUT2D eigenvalue weighted by atomic mass is 9.88. The highest BCUT2D eigenvalue weighted by molar-refractivity contribution is 6.06. The first kappa shape index (κ1) is 31.8. The molecule has 0 radical (unpaired) electrons. The second-order valence-corrected chi connectivity index (χ2v) is 12.2. The van der Waals surface area contributed by atoms with Gasteiger partial charge in [-0.2, -0.15) is 5.10 Å². The van der Waals surface area contributed by atoms with Crippen molar-refractivity contribution in [2.24, 2.45) is 10.8 Å². The van der Waals surface area contributed by atoms with Gasteiger partial charge in [0.25, 0.3) is 5.91 Å². The van der Waals surface area contributed by atoms with Crippen molar-refractivity contribution < 1.29 is 14.4 Å². The summed E-state index contributed by atoms with van der Waals surface area (Å²) in [6.45, 7) is 3.84. The van der Waals surface area contributed by atoms with E-state index in [2.05, 4.69) is 20.6 Å². The Morgan fingerprint density at radius 2 is 1.79 bits per heavy atom. The van der Waals surface area contributed by atoms with Gasteiger partial charge in [-0.05, 0) is 72.4 Å². The van der Waals surface area contributed by atoms with Crippen LogP contribution in [0.3, 0.4) is 0 Å². The molecule has 11 nitrogen and oxygen atoms in total. The van der Waals surface area contributed by atoms with Crippen LogP contribution in [0.5, 0.6) is 0 Å². The third-order valence-corrected chi connectivity index (χ3v) is 8.72. The molecule has 0 fully saturated rings. The molecule has 4 N–H and O–H groups in total. The quantitative estimate of drug-likeness (QED) is 0.200. The van der Waals surface area contributed by atoms with E-state index in [-0.39, 0.29) is 17.8 Å². The van der Waals surface area contributed by atoms with Gasteiger partial charge < -0.3 is 21.3 Å². The Kier molecular flexibility index (Phi) is 9.82. The van der Waals surface area contributed by atoms with Crippen LogP contribution in [0.2, 0.25) is 0 Å². The van der Waals surface area contributed by atoms with Gasteiger partial charge in [0.15, 0.2) is 0 Å². The number of hydrogen-bond acceptors (Lipinski definition) is 7. The number of aromatic nitrogens is 2.